The molecule has 10 heteroatoms. The summed E-state index contributed by atoms with van der Waals surface area (Å²) >= 11 is 0. The van der Waals surface area contributed by atoms with E-state index < -0.39 is 11.7 Å². The van der Waals surface area contributed by atoms with E-state index in [2.05, 4.69) is 10.4 Å². The lowest BCUT2D eigenvalue weighted by Crippen LogP contribution is -2.45. The molecule has 3 N–H and O–H groups in total. The van der Waals surface area contributed by atoms with Crippen molar-refractivity contribution in [3.8, 4) is 16.9 Å². The first-order valence-electron chi connectivity index (χ1n) is 11.8. The van der Waals surface area contributed by atoms with Crippen molar-refractivity contribution in [1.29, 1.82) is 0 Å². The molecule has 1 saturated carbocycles. The average molecular weight is 501 g/mol. The number of esters is 1. The largest absolute Gasteiger partial charge is 0.466 e. The van der Waals surface area contributed by atoms with Gasteiger partial charge in [-0.2, -0.15) is 18.3 Å². The number of halogens is 3. The second-order valence-corrected chi connectivity index (χ2v) is 8.71. The van der Waals surface area contributed by atoms with Gasteiger partial charge in [-0.1, -0.05) is 25.0 Å². The van der Waals surface area contributed by atoms with Gasteiger partial charge in [0.05, 0.1) is 29.5 Å². The zero-order chi connectivity index (χ0) is 25.9. The van der Waals surface area contributed by atoms with E-state index in [1.54, 1.807) is 31.2 Å². The summed E-state index contributed by atoms with van der Waals surface area (Å²) in [6.07, 6.45) is -1.25. The molecule has 0 unspecified atom stereocenters. The van der Waals surface area contributed by atoms with Crippen LogP contribution in [0.15, 0.2) is 54.6 Å². The minimum absolute atomic E-state index is 0.235. The number of benzene rings is 2. The molecule has 1 aliphatic carbocycles. The quantitative estimate of drug-likeness (QED) is 0.465. The number of hydrogen-bond donors (Lipinski definition) is 2. The van der Waals surface area contributed by atoms with Crippen LogP contribution in [0.5, 0.6) is 0 Å². The summed E-state index contributed by atoms with van der Waals surface area (Å²) in [4.78, 5) is 25.1. The lowest BCUT2D eigenvalue weighted by atomic mass is 9.84. The van der Waals surface area contributed by atoms with Crippen molar-refractivity contribution in [1.82, 2.24) is 15.1 Å². The molecule has 0 spiro atoms. The van der Waals surface area contributed by atoms with Crippen LogP contribution in [0.1, 0.15) is 48.5 Å². The third kappa shape index (κ3) is 5.53. The lowest BCUT2D eigenvalue weighted by Gasteiger charge is -2.30. The monoisotopic (exact) mass is 500 g/mol. The molecule has 0 saturated heterocycles. The van der Waals surface area contributed by atoms with Crippen molar-refractivity contribution in [2.75, 3.05) is 12.3 Å². The number of ether oxygens (including phenoxy) is 1. The number of alkyl halides is 3. The van der Waals surface area contributed by atoms with Gasteiger partial charge in [0.2, 0.25) is 0 Å². The first-order chi connectivity index (χ1) is 17.2. The zero-order valence-corrected chi connectivity index (χ0v) is 19.7. The number of nitrogen functional groups attached to an aromatic ring is 1. The van der Waals surface area contributed by atoms with Gasteiger partial charge in [0.25, 0.3) is 5.91 Å². The molecule has 0 aliphatic heterocycles. The Balaban J connectivity index is 1.49. The van der Waals surface area contributed by atoms with Gasteiger partial charge in [-0.25, -0.2) is 4.68 Å². The molecular weight excluding hydrogens is 473 g/mol. The van der Waals surface area contributed by atoms with Crippen molar-refractivity contribution < 1.29 is 27.5 Å². The van der Waals surface area contributed by atoms with E-state index >= 15 is 0 Å². The number of rotatable bonds is 6. The Bertz CT molecular complexity index is 1240. The van der Waals surface area contributed by atoms with Crippen LogP contribution in [0.2, 0.25) is 0 Å². The van der Waals surface area contributed by atoms with Crippen molar-refractivity contribution in [2.24, 2.45) is 5.92 Å². The number of carbonyl (C=O) groups excluding carboxylic acids is 2. The molecule has 7 nitrogen and oxygen atoms in total. The fourth-order valence-electron chi connectivity index (χ4n) is 4.44. The molecule has 1 amide bonds. The fraction of sp³-hybridized carbons (Fsp3) is 0.346. The normalized spacial score (nSPS) is 18.0. The molecule has 0 bridgehead atoms. The van der Waals surface area contributed by atoms with Gasteiger partial charge in [-0.15, -0.1) is 0 Å². The number of carbonyl (C=O) groups is 2. The number of amides is 1. The number of hydrogen-bond acceptors (Lipinski definition) is 5. The molecule has 190 valence electrons. The molecule has 0 radical (unpaired) electrons. The summed E-state index contributed by atoms with van der Waals surface area (Å²) < 4.78 is 45.8. The van der Waals surface area contributed by atoms with Crippen LogP contribution < -0.4 is 11.1 Å². The van der Waals surface area contributed by atoms with Crippen LogP contribution in [0.25, 0.3) is 16.9 Å². The second kappa shape index (κ2) is 10.4. The van der Waals surface area contributed by atoms with Crippen LogP contribution in [0.3, 0.4) is 0 Å². The van der Waals surface area contributed by atoms with Gasteiger partial charge < -0.3 is 15.8 Å². The smallest absolute Gasteiger partial charge is 0.416 e. The summed E-state index contributed by atoms with van der Waals surface area (Å²) in [5.74, 6) is -0.719. The van der Waals surface area contributed by atoms with Crippen molar-refractivity contribution in [3.63, 3.8) is 0 Å². The number of nitrogens with zero attached hydrogens (tertiary/aromatic N) is 2. The van der Waals surface area contributed by atoms with E-state index in [1.165, 1.54) is 22.9 Å². The highest BCUT2D eigenvalue weighted by Crippen LogP contribution is 2.32. The number of anilines is 1. The highest BCUT2D eigenvalue weighted by Gasteiger charge is 2.33. The standard InChI is InChI=1S/C26H27F3N4O3/c1-2-36-25(35)20-8-3-4-9-21(20)31-24(34)16-10-12-19(13-11-16)33-23(30)15-22(32-33)17-6-5-7-18(14-17)26(27,28)29/h5-7,10-15,20-21H,2-4,8-9,30H2,1H3,(H,31,34)/t20-,21+/m1/s1. The Hall–Kier alpha value is -3.82. The van der Waals surface area contributed by atoms with Gasteiger partial charge in [-0.05, 0) is 56.2 Å². The van der Waals surface area contributed by atoms with E-state index in [1.807, 2.05) is 0 Å². The highest BCUT2D eigenvalue weighted by atomic mass is 19.4. The number of aromatic nitrogens is 2. The molecule has 4 rings (SSSR count). The molecular formula is C26H27F3N4O3. The van der Waals surface area contributed by atoms with Gasteiger partial charge >= 0.3 is 12.1 Å². The molecule has 2 atom stereocenters. The molecule has 1 aromatic heterocycles. The molecule has 36 heavy (non-hydrogen) atoms. The predicted molar refractivity (Wildman–Crippen MR) is 128 cm³/mol. The Labute approximate surface area is 206 Å². The third-order valence-electron chi connectivity index (χ3n) is 6.27. The Morgan fingerprint density at radius 3 is 2.53 bits per heavy atom. The Morgan fingerprint density at radius 2 is 1.83 bits per heavy atom. The molecule has 1 heterocycles. The maximum absolute atomic E-state index is 13.1. The van der Waals surface area contributed by atoms with Crippen molar-refractivity contribution >= 4 is 17.7 Å². The Morgan fingerprint density at radius 1 is 1.11 bits per heavy atom. The van der Waals surface area contributed by atoms with Crippen LogP contribution in [-0.2, 0) is 15.7 Å². The van der Waals surface area contributed by atoms with Crippen LogP contribution in [0, 0.1) is 5.92 Å². The van der Waals surface area contributed by atoms with E-state index in [-0.39, 0.29) is 35.2 Å². The first kappa shape index (κ1) is 25.3. The van der Waals surface area contributed by atoms with Crippen molar-refractivity contribution in [3.05, 3.63) is 65.7 Å². The SMILES string of the molecule is CCOC(=O)[C@@H]1CCCC[C@@H]1NC(=O)c1ccc(-n2nc(-c3cccc(C(F)(F)F)c3)cc2N)cc1. The molecule has 2 aromatic carbocycles. The van der Waals surface area contributed by atoms with Gasteiger partial charge in [-0.3, -0.25) is 9.59 Å². The van der Waals surface area contributed by atoms with Gasteiger partial charge in [0, 0.05) is 23.2 Å². The van der Waals surface area contributed by atoms with Gasteiger partial charge in [0.1, 0.15) is 5.82 Å². The van der Waals surface area contributed by atoms with Crippen molar-refractivity contribution in [2.45, 2.75) is 44.8 Å². The molecule has 1 aliphatic rings. The van der Waals surface area contributed by atoms with Crippen LogP contribution >= 0.6 is 0 Å². The number of nitrogens with one attached hydrogen (secondary N) is 1. The Kier molecular flexibility index (Phi) is 7.32. The summed E-state index contributed by atoms with van der Waals surface area (Å²) in [7, 11) is 0. The summed E-state index contributed by atoms with van der Waals surface area (Å²) in [6.45, 7) is 2.05. The lowest BCUT2D eigenvalue weighted by molar-refractivity contribution is -0.150. The van der Waals surface area contributed by atoms with E-state index in [4.69, 9.17) is 10.5 Å². The minimum Gasteiger partial charge on any atom is -0.466 e. The van der Waals surface area contributed by atoms with E-state index in [0.717, 1.165) is 25.0 Å². The predicted octanol–water partition coefficient (Wildman–Crippen LogP) is 4.99. The molecule has 1 fully saturated rings. The molecule has 3 aromatic rings. The highest BCUT2D eigenvalue weighted by molar-refractivity contribution is 5.95. The van der Waals surface area contributed by atoms with E-state index in [9.17, 15) is 22.8 Å². The summed E-state index contributed by atoms with van der Waals surface area (Å²) in [6, 6.07) is 12.6. The van der Waals surface area contributed by atoms with Crippen LogP contribution in [-0.4, -0.2) is 34.3 Å². The maximum atomic E-state index is 13.1. The summed E-state index contributed by atoms with van der Waals surface area (Å²) in [5, 5.41) is 7.32. The second-order valence-electron chi connectivity index (χ2n) is 8.71. The zero-order valence-electron chi connectivity index (χ0n) is 19.7. The summed E-state index contributed by atoms with van der Waals surface area (Å²) in [5.41, 5.74) is 6.83. The maximum Gasteiger partial charge on any atom is 0.416 e. The topological polar surface area (TPSA) is 99.2 Å². The van der Waals surface area contributed by atoms with Crippen LogP contribution in [0.4, 0.5) is 19.0 Å². The third-order valence-corrected chi connectivity index (χ3v) is 6.27. The fourth-order valence-corrected chi connectivity index (χ4v) is 4.44. The van der Waals surface area contributed by atoms with Gasteiger partial charge in [0.15, 0.2) is 0 Å². The first-order valence-corrected chi connectivity index (χ1v) is 11.8. The average Bonchev–Trinajstić information content (AvgIpc) is 3.25. The van der Waals surface area contributed by atoms with E-state index in [0.29, 0.717) is 36.4 Å². The minimum atomic E-state index is -4.46. The number of nitrogens with two attached hydrogens (primary N) is 1.